The standard InChI is InChI=1S/C17H12ClN3O2S/c1-24(22,23)15-8-4-13(5-9-15)16-10-17(18)20-21(16)14-6-2-12(11-19)3-7-14/h2-10H,1H3. The number of halogens is 1. The highest BCUT2D eigenvalue weighted by Gasteiger charge is 2.13. The molecule has 120 valence electrons. The van der Waals surface area contributed by atoms with Crippen LogP contribution in [0.15, 0.2) is 59.5 Å². The van der Waals surface area contributed by atoms with Crippen LogP contribution in [0.5, 0.6) is 0 Å². The van der Waals surface area contributed by atoms with Gasteiger partial charge in [0.2, 0.25) is 0 Å². The number of sulfone groups is 1. The molecule has 1 heterocycles. The maximum absolute atomic E-state index is 11.6. The van der Waals surface area contributed by atoms with Gasteiger partial charge in [-0.3, -0.25) is 0 Å². The zero-order valence-corrected chi connectivity index (χ0v) is 14.2. The molecule has 3 rings (SSSR count). The highest BCUT2D eigenvalue weighted by Crippen LogP contribution is 2.27. The highest BCUT2D eigenvalue weighted by atomic mass is 35.5. The van der Waals surface area contributed by atoms with Crippen molar-refractivity contribution in [2.45, 2.75) is 4.90 Å². The van der Waals surface area contributed by atoms with Crippen molar-refractivity contribution < 1.29 is 8.42 Å². The molecule has 0 atom stereocenters. The second kappa shape index (κ2) is 6.11. The van der Waals surface area contributed by atoms with Crippen LogP contribution >= 0.6 is 11.6 Å². The van der Waals surface area contributed by atoms with Crippen LogP contribution < -0.4 is 0 Å². The number of rotatable bonds is 3. The average Bonchev–Trinajstić information content (AvgIpc) is 2.96. The smallest absolute Gasteiger partial charge is 0.175 e. The van der Waals surface area contributed by atoms with E-state index in [4.69, 9.17) is 16.9 Å². The van der Waals surface area contributed by atoms with Gasteiger partial charge in [0.1, 0.15) is 0 Å². The van der Waals surface area contributed by atoms with Crippen molar-refractivity contribution in [3.05, 3.63) is 65.3 Å². The van der Waals surface area contributed by atoms with Gasteiger partial charge in [-0.25, -0.2) is 13.1 Å². The van der Waals surface area contributed by atoms with Crippen molar-refractivity contribution in [3.8, 4) is 23.0 Å². The molecule has 3 aromatic rings. The maximum Gasteiger partial charge on any atom is 0.175 e. The molecule has 0 aliphatic rings. The van der Waals surface area contributed by atoms with Gasteiger partial charge in [-0.1, -0.05) is 23.7 Å². The lowest BCUT2D eigenvalue weighted by atomic mass is 10.1. The predicted octanol–water partition coefficient (Wildman–Crippen LogP) is 3.47. The number of nitrogens with zero attached hydrogens (tertiary/aromatic N) is 3. The Kier molecular flexibility index (Phi) is 4.14. The minimum absolute atomic E-state index is 0.252. The minimum atomic E-state index is -3.25. The van der Waals surface area contributed by atoms with Crippen LogP contribution in [0.3, 0.4) is 0 Å². The quantitative estimate of drug-likeness (QED) is 0.719. The van der Waals surface area contributed by atoms with E-state index in [0.717, 1.165) is 16.9 Å². The molecule has 0 saturated carbocycles. The minimum Gasteiger partial charge on any atom is -0.232 e. The van der Waals surface area contributed by atoms with Gasteiger partial charge >= 0.3 is 0 Å². The molecule has 5 nitrogen and oxygen atoms in total. The van der Waals surface area contributed by atoms with Crippen molar-refractivity contribution in [1.82, 2.24) is 9.78 Å². The fourth-order valence-corrected chi connectivity index (χ4v) is 3.11. The van der Waals surface area contributed by atoms with Gasteiger partial charge in [-0.2, -0.15) is 10.4 Å². The van der Waals surface area contributed by atoms with E-state index in [-0.39, 0.29) is 4.90 Å². The monoisotopic (exact) mass is 357 g/mol. The van der Waals surface area contributed by atoms with Crippen molar-refractivity contribution in [2.24, 2.45) is 0 Å². The maximum atomic E-state index is 11.6. The largest absolute Gasteiger partial charge is 0.232 e. The van der Waals surface area contributed by atoms with Gasteiger partial charge in [-0.15, -0.1) is 0 Å². The van der Waals surface area contributed by atoms with Crippen LogP contribution in [0.1, 0.15) is 5.56 Å². The van der Waals surface area contributed by atoms with Gasteiger partial charge < -0.3 is 0 Å². The van der Waals surface area contributed by atoms with Crippen LogP contribution in [-0.4, -0.2) is 24.5 Å². The molecule has 0 unspecified atom stereocenters. The molecule has 0 fully saturated rings. The molecular weight excluding hydrogens is 346 g/mol. The van der Waals surface area contributed by atoms with E-state index in [0.29, 0.717) is 10.7 Å². The van der Waals surface area contributed by atoms with Gasteiger partial charge in [0, 0.05) is 17.9 Å². The summed E-state index contributed by atoms with van der Waals surface area (Å²) in [7, 11) is -3.25. The van der Waals surface area contributed by atoms with E-state index in [1.165, 1.54) is 6.26 Å². The summed E-state index contributed by atoms with van der Waals surface area (Å²) in [5.74, 6) is 0. The van der Waals surface area contributed by atoms with E-state index < -0.39 is 9.84 Å². The molecule has 0 spiro atoms. The van der Waals surface area contributed by atoms with Gasteiger partial charge in [0.05, 0.1) is 27.9 Å². The molecule has 0 aliphatic carbocycles. The molecule has 0 bridgehead atoms. The Hall–Kier alpha value is -2.62. The summed E-state index contributed by atoms with van der Waals surface area (Å²) < 4.78 is 24.8. The second-order valence-corrected chi connectivity index (χ2v) is 7.62. The fourth-order valence-electron chi connectivity index (χ4n) is 2.30. The van der Waals surface area contributed by atoms with Crippen LogP contribution in [0.25, 0.3) is 16.9 Å². The first-order chi connectivity index (χ1) is 11.4. The molecule has 24 heavy (non-hydrogen) atoms. The Morgan fingerprint density at radius 2 is 1.71 bits per heavy atom. The first kappa shape index (κ1) is 16.2. The van der Waals surface area contributed by atoms with E-state index >= 15 is 0 Å². The van der Waals surface area contributed by atoms with E-state index in [1.807, 2.05) is 0 Å². The molecule has 0 N–H and O–H groups in total. The summed E-state index contributed by atoms with van der Waals surface area (Å²) in [6.45, 7) is 0. The topological polar surface area (TPSA) is 75.8 Å². The Labute approximate surface area is 144 Å². The third kappa shape index (κ3) is 3.18. The first-order valence-corrected chi connectivity index (χ1v) is 9.22. The van der Waals surface area contributed by atoms with Gasteiger partial charge in [0.25, 0.3) is 0 Å². The summed E-state index contributed by atoms with van der Waals surface area (Å²) in [5, 5.41) is 13.5. The van der Waals surface area contributed by atoms with Crippen LogP contribution in [0, 0.1) is 11.3 Å². The summed E-state index contributed by atoms with van der Waals surface area (Å²) >= 11 is 6.05. The number of nitriles is 1. The zero-order chi connectivity index (χ0) is 17.3. The van der Waals surface area contributed by atoms with Gasteiger partial charge in [-0.05, 0) is 36.4 Å². The molecule has 0 aliphatic heterocycles. The number of hydrogen-bond acceptors (Lipinski definition) is 4. The molecule has 1 aromatic heterocycles. The fraction of sp³-hybridized carbons (Fsp3) is 0.0588. The van der Waals surface area contributed by atoms with Crippen molar-refractivity contribution >= 4 is 21.4 Å². The molecule has 0 amide bonds. The Bertz CT molecular complexity index is 1030. The van der Waals surface area contributed by atoms with E-state index in [9.17, 15) is 8.42 Å². The molecule has 0 radical (unpaired) electrons. The van der Waals surface area contributed by atoms with Crippen LogP contribution in [0.4, 0.5) is 0 Å². The Balaban J connectivity index is 2.07. The third-order valence-electron chi connectivity index (χ3n) is 3.50. The predicted molar refractivity (Wildman–Crippen MR) is 91.8 cm³/mol. The second-order valence-electron chi connectivity index (χ2n) is 5.22. The summed E-state index contributed by atoms with van der Waals surface area (Å²) in [4.78, 5) is 0.252. The number of aromatic nitrogens is 2. The van der Waals surface area contributed by atoms with E-state index in [2.05, 4.69) is 11.2 Å². The normalized spacial score (nSPS) is 11.2. The van der Waals surface area contributed by atoms with Crippen molar-refractivity contribution in [3.63, 3.8) is 0 Å². The SMILES string of the molecule is CS(=O)(=O)c1ccc(-c2cc(Cl)nn2-c2ccc(C#N)cc2)cc1. The Morgan fingerprint density at radius 1 is 1.08 bits per heavy atom. The number of benzene rings is 2. The first-order valence-electron chi connectivity index (χ1n) is 6.95. The summed E-state index contributed by atoms with van der Waals surface area (Å²) in [5.41, 5.74) is 2.81. The van der Waals surface area contributed by atoms with Crippen LogP contribution in [-0.2, 0) is 9.84 Å². The lowest BCUT2D eigenvalue weighted by Crippen LogP contribution is -2.00. The van der Waals surface area contributed by atoms with Crippen molar-refractivity contribution in [1.29, 1.82) is 5.26 Å². The lowest BCUT2D eigenvalue weighted by molar-refractivity contribution is 0.602. The number of hydrogen-bond donors (Lipinski definition) is 0. The summed E-state index contributed by atoms with van der Waals surface area (Å²) in [6, 6.07) is 17.2. The lowest BCUT2D eigenvalue weighted by Gasteiger charge is -2.08. The highest BCUT2D eigenvalue weighted by molar-refractivity contribution is 7.90. The molecular formula is C17H12ClN3O2S. The van der Waals surface area contributed by atoms with Crippen LogP contribution in [0.2, 0.25) is 5.15 Å². The van der Waals surface area contributed by atoms with E-state index in [1.54, 1.807) is 59.3 Å². The van der Waals surface area contributed by atoms with Gasteiger partial charge in [0.15, 0.2) is 15.0 Å². The molecule has 7 heteroatoms. The average molecular weight is 358 g/mol. The summed E-state index contributed by atoms with van der Waals surface area (Å²) in [6.07, 6.45) is 1.17. The molecule has 2 aromatic carbocycles. The molecule has 0 saturated heterocycles. The van der Waals surface area contributed by atoms with Crippen molar-refractivity contribution in [2.75, 3.05) is 6.26 Å². The zero-order valence-electron chi connectivity index (χ0n) is 12.6. The third-order valence-corrected chi connectivity index (χ3v) is 4.81. The Morgan fingerprint density at radius 3 is 2.25 bits per heavy atom.